The Balaban J connectivity index is 2.15. The molecular formula is C16H22N2O3. The van der Waals surface area contributed by atoms with Crippen molar-refractivity contribution in [1.29, 1.82) is 0 Å². The Morgan fingerprint density at radius 3 is 2.81 bits per heavy atom. The Kier molecular flexibility index (Phi) is 4.32. The first-order valence-electron chi connectivity index (χ1n) is 7.10. The highest BCUT2D eigenvalue weighted by molar-refractivity contribution is 5.93. The molecule has 0 saturated carbocycles. The summed E-state index contributed by atoms with van der Waals surface area (Å²) in [4.78, 5) is 23.1. The molecular weight excluding hydrogens is 268 g/mol. The van der Waals surface area contributed by atoms with Crippen molar-refractivity contribution < 1.29 is 14.3 Å². The van der Waals surface area contributed by atoms with Gasteiger partial charge >= 0.3 is 5.97 Å². The molecule has 5 nitrogen and oxygen atoms in total. The van der Waals surface area contributed by atoms with E-state index in [-0.39, 0.29) is 17.9 Å². The fourth-order valence-corrected chi connectivity index (χ4v) is 2.66. The first-order valence-corrected chi connectivity index (χ1v) is 7.10. The molecule has 1 unspecified atom stereocenters. The maximum Gasteiger partial charge on any atom is 0.311 e. The van der Waals surface area contributed by atoms with Crippen LogP contribution in [0.5, 0.6) is 0 Å². The van der Waals surface area contributed by atoms with E-state index in [1.165, 1.54) is 7.11 Å². The zero-order valence-corrected chi connectivity index (χ0v) is 12.7. The van der Waals surface area contributed by atoms with E-state index < -0.39 is 5.41 Å². The topological polar surface area (TPSA) is 81.4 Å². The number of amides is 1. The number of carbonyl (C=O) groups excluding carboxylic acids is 2. The van der Waals surface area contributed by atoms with Crippen LogP contribution in [0.4, 0.5) is 5.69 Å². The normalized spacial score (nSPS) is 15.9. The Hall–Kier alpha value is -1.88. The lowest BCUT2D eigenvalue weighted by Gasteiger charge is -2.26. The number of carbonyl (C=O) groups is 2. The molecule has 5 heteroatoms. The van der Waals surface area contributed by atoms with Gasteiger partial charge in [0.1, 0.15) is 0 Å². The fraction of sp³-hybridized carbons (Fsp3) is 0.500. The van der Waals surface area contributed by atoms with Gasteiger partial charge in [-0.25, -0.2) is 0 Å². The summed E-state index contributed by atoms with van der Waals surface area (Å²) in [7, 11) is 1.39. The van der Waals surface area contributed by atoms with E-state index in [9.17, 15) is 9.59 Å². The summed E-state index contributed by atoms with van der Waals surface area (Å²) in [6.07, 6.45) is 1.73. The lowest BCUT2D eigenvalue weighted by molar-refractivity contribution is -0.151. The molecule has 0 radical (unpaired) electrons. The van der Waals surface area contributed by atoms with Gasteiger partial charge in [0.15, 0.2) is 0 Å². The third-order valence-corrected chi connectivity index (χ3v) is 3.92. The Labute approximate surface area is 124 Å². The highest BCUT2D eigenvalue weighted by Crippen LogP contribution is 2.32. The minimum atomic E-state index is -0.627. The van der Waals surface area contributed by atoms with Crippen molar-refractivity contribution in [3.05, 3.63) is 29.3 Å². The molecule has 0 saturated heterocycles. The molecule has 0 fully saturated rings. The summed E-state index contributed by atoms with van der Waals surface area (Å²) in [5.74, 6) is -0.213. The van der Waals surface area contributed by atoms with Crippen molar-refractivity contribution in [2.45, 2.75) is 39.2 Å². The van der Waals surface area contributed by atoms with Gasteiger partial charge in [-0.3, -0.25) is 9.59 Å². The van der Waals surface area contributed by atoms with Crippen LogP contribution in [0.2, 0.25) is 0 Å². The van der Waals surface area contributed by atoms with Crippen molar-refractivity contribution in [3.63, 3.8) is 0 Å². The number of ether oxygens (including phenoxy) is 1. The number of hydrogen-bond donors (Lipinski definition) is 2. The first-order chi connectivity index (χ1) is 9.83. The molecule has 0 aromatic heterocycles. The zero-order chi connectivity index (χ0) is 15.6. The maximum absolute atomic E-state index is 11.7. The fourth-order valence-electron chi connectivity index (χ4n) is 2.66. The molecule has 1 aromatic carbocycles. The predicted molar refractivity (Wildman–Crippen MR) is 80.7 cm³/mol. The summed E-state index contributed by atoms with van der Waals surface area (Å²) < 4.78 is 4.81. The average molecular weight is 290 g/mol. The largest absolute Gasteiger partial charge is 0.469 e. The van der Waals surface area contributed by atoms with Gasteiger partial charge in [-0.05, 0) is 43.9 Å². The number of nitrogens with two attached hydrogens (primary N) is 1. The standard InChI is InChI=1S/C16H22N2O3/c1-16(2,15(20)21-3)9-12(17)10-4-6-13-11(8-10)5-7-14(19)18-13/h4,6,8,12H,5,7,9,17H2,1-3H3,(H,18,19). The lowest BCUT2D eigenvalue weighted by atomic mass is 9.83. The molecule has 0 aliphatic carbocycles. The summed E-state index contributed by atoms with van der Waals surface area (Å²) in [5.41, 5.74) is 8.54. The van der Waals surface area contributed by atoms with Crippen molar-refractivity contribution in [2.75, 3.05) is 12.4 Å². The number of aryl methyl sites for hydroxylation is 1. The predicted octanol–water partition coefficient (Wildman–Crippen LogP) is 2.16. The number of esters is 1. The van der Waals surface area contributed by atoms with E-state index in [0.29, 0.717) is 12.8 Å². The van der Waals surface area contributed by atoms with Crippen LogP contribution < -0.4 is 11.1 Å². The molecule has 1 amide bonds. The van der Waals surface area contributed by atoms with Crippen molar-refractivity contribution in [3.8, 4) is 0 Å². The SMILES string of the molecule is COC(=O)C(C)(C)CC(N)c1ccc2c(c1)CCC(=O)N2. The van der Waals surface area contributed by atoms with Crippen LogP contribution in [0.3, 0.4) is 0 Å². The molecule has 114 valence electrons. The summed E-state index contributed by atoms with van der Waals surface area (Å²) in [6.45, 7) is 3.66. The molecule has 0 spiro atoms. The van der Waals surface area contributed by atoms with E-state index in [1.54, 1.807) is 0 Å². The van der Waals surface area contributed by atoms with Crippen LogP contribution >= 0.6 is 0 Å². The summed E-state index contributed by atoms with van der Waals surface area (Å²) in [5, 5.41) is 2.85. The Morgan fingerprint density at radius 2 is 2.14 bits per heavy atom. The molecule has 1 aliphatic heterocycles. The second-order valence-electron chi connectivity index (χ2n) is 6.15. The van der Waals surface area contributed by atoms with E-state index in [2.05, 4.69) is 5.32 Å². The maximum atomic E-state index is 11.7. The number of methoxy groups -OCH3 is 1. The van der Waals surface area contributed by atoms with Gasteiger partial charge in [-0.1, -0.05) is 12.1 Å². The van der Waals surface area contributed by atoms with E-state index in [1.807, 2.05) is 32.0 Å². The van der Waals surface area contributed by atoms with Gasteiger partial charge in [0.25, 0.3) is 0 Å². The molecule has 1 atom stereocenters. The van der Waals surface area contributed by atoms with Gasteiger partial charge in [0.2, 0.25) is 5.91 Å². The lowest BCUT2D eigenvalue weighted by Crippen LogP contribution is -2.30. The number of hydrogen-bond acceptors (Lipinski definition) is 4. The van der Waals surface area contributed by atoms with Crippen LogP contribution in [0.15, 0.2) is 18.2 Å². The molecule has 21 heavy (non-hydrogen) atoms. The van der Waals surface area contributed by atoms with Crippen LogP contribution in [0.25, 0.3) is 0 Å². The number of anilines is 1. The van der Waals surface area contributed by atoms with E-state index in [4.69, 9.17) is 10.5 Å². The molecule has 1 heterocycles. The van der Waals surface area contributed by atoms with Gasteiger partial charge in [-0.15, -0.1) is 0 Å². The number of rotatable bonds is 4. The molecule has 0 bridgehead atoms. The minimum absolute atomic E-state index is 0.0476. The smallest absolute Gasteiger partial charge is 0.311 e. The number of nitrogens with one attached hydrogen (secondary N) is 1. The van der Waals surface area contributed by atoms with Crippen molar-refractivity contribution in [2.24, 2.45) is 11.1 Å². The van der Waals surface area contributed by atoms with Crippen LogP contribution in [-0.4, -0.2) is 19.0 Å². The zero-order valence-electron chi connectivity index (χ0n) is 12.7. The average Bonchev–Trinajstić information content (AvgIpc) is 2.45. The third-order valence-electron chi connectivity index (χ3n) is 3.92. The van der Waals surface area contributed by atoms with Gasteiger partial charge in [0, 0.05) is 18.2 Å². The molecule has 1 aliphatic rings. The molecule has 2 rings (SSSR count). The minimum Gasteiger partial charge on any atom is -0.469 e. The van der Waals surface area contributed by atoms with Crippen LogP contribution in [0.1, 0.15) is 43.9 Å². The van der Waals surface area contributed by atoms with E-state index >= 15 is 0 Å². The Bertz CT molecular complexity index is 567. The second-order valence-corrected chi connectivity index (χ2v) is 6.15. The molecule has 1 aromatic rings. The summed E-state index contributed by atoms with van der Waals surface area (Å²) in [6, 6.07) is 5.56. The molecule has 3 N–H and O–H groups in total. The highest BCUT2D eigenvalue weighted by atomic mass is 16.5. The van der Waals surface area contributed by atoms with Gasteiger partial charge in [0.05, 0.1) is 12.5 Å². The van der Waals surface area contributed by atoms with Crippen molar-refractivity contribution in [1.82, 2.24) is 0 Å². The second kappa shape index (κ2) is 5.85. The third kappa shape index (κ3) is 3.42. The van der Waals surface area contributed by atoms with Gasteiger partial charge in [-0.2, -0.15) is 0 Å². The van der Waals surface area contributed by atoms with E-state index in [0.717, 1.165) is 23.2 Å². The highest BCUT2D eigenvalue weighted by Gasteiger charge is 2.31. The number of benzene rings is 1. The van der Waals surface area contributed by atoms with Crippen molar-refractivity contribution >= 4 is 17.6 Å². The summed E-state index contributed by atoms with van der Waals surface area (Å²) >= 11 is 0. The number of fused-ring (bicyclic) bond motifs is 1. The van der Waals surface area contributed by atoms with Gasteiger partial charge < -0.3 is 15.8 Å². The quantitative estimate of drug-likeness (QED) is 0.833. The van der Waals surface area contributed by atoms with Crippen LogP contribution in [-0.2, 0) is 20.7 Å². The monoisotopic (exact) mass is 290 g/mol. The van der Waals surface area contributed by atoms with Crippen LogP contribution in [0, 0.1) is 5.41 Å². The first kappa shape index (κ1) is 15.5. The Morgan fingerprint density at radius 1 is 1.43 bits per heavy atom.